The number of benzene rings is 1. The minimum Gasteiger partial charge on any atom is -0.468 e. The normalized spacial score (nSPS) is 10.3. The van der Waals surface area contributed by atoms with Gasteiger partial charge in [-0.15, -0.1) is 0 Å². The van der Waals surface area contributed by atoms with Crippen LogP contribution in [0.5, 0.6) is 5.75 Å². The molecule has 0 aromatic heterocycles. The van der Waals surface area contributed by atoms with E-state index in [-0.39, 0.29) is 0 Å². The second-order valence-corrected chi connectivity index (χ2v) is 3.89. The van der Waals surface area contributed by atoms with Crippen LogP contribution in [0, 0.1) is 0 Å². The van der Waals surface area contributed by atoms with Crippen molar-refractivity contribution in [1.29, 1.82) is 0 Å². The lowest BCUT2D eigenvalue weighted by atomic mass is 10.2. The standard InChI is InChI=1S/C11H16BrNO2/c1-3-14-8-15-10-4-5-11(12)9(6-10)7-13-2/h4-6,13H,3,7-8H2,1-2H3. The SMILES string of the molecule is CCOCOc1ccc(Br)c(CNC)c1. The van der Waals surface area contributed by atoms with Crippen molar-refractivity contribution in [3.8, 4) is 5.75 Å². The number of ether oxygens (including phenoxy) is 2. The number of halogens is 1. The molecule has 0 amide bonds. The van der Waals surface area contributed by atoms with E-state index in [0.29, 0.717) is 13.4 Å². The molecule has 0 saturated carbocycles. The van der Waals surface area contributed by atoms with Crippen molar-refractivity contribution in [3.05, 3.63) is 28.2 Å². The number of hydrogen-bond donors (Lipinski definition) is 1. The summed E-state index contributed by atoms with van der Waals surface area (Å²) in [6.07, 6.45) is 0. The van der Waals surface area contributed by atoms with Crippen molar-refractivity contribution < 1.29 is 9.47 Å². The van der Waals surface area contributed by atoms with Crippen molar-refractivity contribution in [2.45, 2.75) is 13.5 Å². The Labute approximate surface area is 98.9 Å². The van der Waals surface area contributed by atoms with Gasteiger partial charge in [-0.25, -0.2) is 0 Å². The monoisotopic (exact) mass is 273 g/mol. The Kier molecular flexibility index (Phi) is 5.68. The van der Waals surface area contributed by atoms with Crippen LogP contribution >= 0.6 is 15.9 Å². The molecule has 0 unspecified atom stereocenters. The van der Waals surface area contributed by atoms with Gasteiger partial charge in [-0.3, -0.25) is 0 Å². The van der Waals surface area contributed by atoms with E-state index in [1.165, 1.54) is 5.56 Å². The van der Waals surface area contributed by atoms with Gasteiger partial charge in [0.2, 0.25) is 0 Å². The summed E-state index contributed by atoms with van der Waals surface area (Å²) in [5.74, 6) is 0.830. The molecule has 0 saturated heterocycles. The molecule has 1 aromatic carbocycles. The Morgan fingerprint density at radius 2 is 2.20 bits per heavy atom. The van der Waals surface area contributed by atoms with Gasteiger partial charge in [-0.1, -0.05) is 15.9 Å². The first-order chi connectivity index (χ1) is 7.27. The minimum absolute atomic E-state index is 0.303. The van der Waals surface area contributed by atoms with Crippen LogP contribution in [0.2, 0.25) is 0 Å². The maximum absolute atomic E-state index is 5.42. The van der Waals surface area contributed by atoms with E-state index in [0.717, 1.165) is 16.8 Å². The predicted octanol–water partition coefficient (Wildman–Crippen LogP) is 2.54. The topological polar surface area (TPSA) is 30.5 Å². The summed E-state index contributed by atoms with van der Waals surface area (Å²) in [6, 6.07) is 5.90. The summed E-state index contributed by atoms with van der Waals surface area (Å²) in [4.78, 5) is 0. The minimum atomic E-state index is 0.303. The summed E-state index contributed by atoms with van der Waals surface area (Å²) < 4.78 is 11.6. The summed E-state index contributed by atoms with van der Waals surface area (Å²) in [5, 5.41) is 3.10. The molecule has 84 valence electrons. The molecule has 3 nitrogen and oxygen atoms in total. The van der Waals surface area contributed by atoms with Gasteiger partial charge in [-0.05, 0) is 37.7 Å². The van der Waals surface area contributed by atoms with Crippen LogP contribution in [0.15, 0.2) is 22.7 Å². The molecule has 4 heteroatoms. The zero-order valence-electron chi connectivity index (χ0n) is 9.05. The second kappa shape index (κ2) is 6.82. The molecule has 0 heterocycles. The molecule has 0 aliphatic carbocycles. The average molecular weight is 274 g/mol. The third-order valence-corrected chi connectivity index (χ3v) is 2.67. The molecule has 1 N–H and O–H groups in total. The van der Waals surface area contributed by atoms with Gasteiger partial charge >= 0.3 is 0 Å². The van der Waals surface area contributed by atoms with Gasteiger partial charge in [0.15, 0.2) is 6.79 Å². The number of hydrogen-bond acceptors (Lipinski definition) is 3. The maximum Gasteiger partial charge on any atom is 0.189 e. The molecule has 0 bridgehead atoms. The predicted molar refractivity (Wildman–Crippen MR) is 64.0 cm³/mol. The molecule has 0 spiro atoms. The van der Waals surface area contributed by atoms with E-state index < -0.39 is 0 Å². The summed E-state index contributed by atoms with van der Waals surface area (Å²) in [7, 11) is 1.92. The van der Waals surface area contributed by atoms with Crippen molar-refractivity contribution in [2.75, 3.05) is 20.4 Å². The van der Waals surface area contributed by atoms with Crippen molar-refractivity contribution in [2.24, 2.45) is 0 Å². The Morgan fingerprint density at radius 3 is 2.87 bits per heavy atom. The fourth-order valence-corrected chi connectivity index (χ4v) is 1.55. The molecule has 0 fully saturated rings. The van der Waals surface area contributed by atoms with E-state index in [1.807, 2.05) is 32.2 Å². The molecule has 1 rings (SSSR count). The highest BCUT2D eigenvalue weighted by atomic mass is 79.9. The molecular weight excluding hydrogens is 258 g/mol. The summed E-state index contributed by atoms with van der Waals surface area (Å²) in [5.41, 5.74) is 1.17. The largest absolute Gasteiger partial charge is 0.468 e. The lowest BCUT2D eigenvalue weighted by molar-refractivity contribution is 0.0223. The van der Waals surface area contributed by atoms with Crippen LogP contribution in [0.3, 0.4) is 0 Å². The van der Waals surface area contributed by atoms with Gasteiger partial charge in [-0.2, -0.15) is 0 Å². The Bertz CT molecular complexity index is 305. The van der Waals surface area contributed by atoms with E-state index in [2.05, 4.69) is 21.2 Å². The fourth-order valence-electron chi connectivity index (χ4n) is 1.16. The highest BCUT2D eigenvalue weighted by Gasteiger charge is 2.01. The molecule has 0 radical (unpaired) electrons. The first-order valence-corrected chi connectivity index (χ1v) is 5.70. The van der Waals surface area contributed by atoms with Crippen LogP contribution in [0.1, 0.15) is 12.5 Å². The Balaban J connectivity index is 2.61. The molecule has 0 atom stereocenters. The lowest BCUT2D eigenvalue weighted by Crippen LogP contribution is -2.07. The third kappa shape index (κ3) is 4.20. The van der Waals surface area contributed by atoms with Gasteiger partial charge in [0.1, 0.15) is 5.75 Å². The first-order valence-electron chi connectivity index (χ1n) is 4.91. The van der Waals surface area contributed by atoms with Crippen LogP contribution in [0.4, 0.5) is 0 Å². The Morgan fingerprint density at radius 1 is 1.40 bits per heavy atom. The van der Waals surface area contributed by atoms with E-state index >= 15 is 0 Å². The van der Waals surface area contributed by atoms with Gasteiger partial charge in [0.25, 0.3) is 0 Å². The highest BCUT2D eigenvalue weighted by Crippen LogP contribution is 2.22. The third-order valence-electron chi connectivity index (χ3n) is 1.90. The molecular formula is C11H16BrNO2. The number of nitrogens with one attached hydrogen (secondary N) is 1. The lowest BCUT2D eigenvalue weighted by Gasteiger charge is -2.09. The molecule has 1 aromatic rings. The molecule has 0 aliphatic rings. The first kappa shape index (κ1) is 12.5. The van der Waals surface area contributed by atoms with Crippen LogP contribution in [0.25, 0.3) is 0 Å². The molecule has 15 heavy (non-hydrogen) atoms. The van der Waals surface area contributed by atoms with Crippen LogP contribution in [-0.2, 0) is 11.3 Å². The van der Waals surface area contributed by atoms with Crippen LogP contribution < -0.4 is 10.1 Å². The van der Waals surface area contributed by atoms with Crippen molar-refractivity contribution in [1.82, 2.24) is 5.32 Å². The van der Waals surface area contributed by atoms with Gasteiger partial charge < -0.3 is 14.8 Å². The number of rotatable bonds is 6. The summed E-state index contributed by atoms with van der Waals surface area (Å²) >= 11 is 3.49. The molecule has 0 aliphatic heterocycles. The van der Waals surface area contributed by atoms with E-state index in [9.17, 15) is 0 Å². The zero-order chi connectivity index (χ0) is 11.1. The second-order valence-electron chi connectivity index (χ2n) is 3.04. The van der Waals surface area contributed by atoms with E-state index in [4.69, 9.17) is 9.47 Å². The van der Waals surface area contributed by atoms with Crippen molar-refractivity contribution >= 4 is 15.9 Å². The Hall–Kier alpha value is -0.580. The van der Waals surface area contributed by atoms with Crippen molar-refractivity contribution in [3.63, 3.8) is 0 Å². The van der Waals surface area contributed by atoms with Crippen LogP contribution in [-0.4, -0.2) is 20.4 Å². The average Bonchev–Trinajstić information content (AvgIpc) is 2.23. The smallest absolute Gasteiger partial charge is 0.189 e. The van der Waals surface area contributed by atoms with E-state index in [1.54, 1.807) is 0 Å². The fraction of sp³-hybridized carbons (Fsp3) is 0.455. The van der Waals surface area contributed by atoms with Gasteiger partial charge in [0.05, 0.1) is 0 Å². The highest BCUT2D eigenvalue weighted by molar-refractivity contribution is 9.10. The van der Waals surface area contributed by atoms with Gasteiger partial charge in [0, 0.05) is 17.6 Å². The summed E-state index contributed by atoms with van der Waals surface area (Å²) in [6.45, 7) is 3.72. The quantitative estimate of drug-likeness (QED) is 0.638. The zero-order valence-corrected chi connectivity index (χ0v) is 10.6. The maximum atomic E-state index is 5.42.